The van der Waals surface area contributed by atoms with Crippen molar-refractivity contribution in [1.29, 1.82) is 5.41 Å². The molecule has 0 fully saturated rings. The van der Waals surface area contributed by atoms with Crippen LogP contribution in [0.15, 0.2) is 33.1 Å². The Balaban J connectivity index is 0.000000324. The largest absolute Gasteiger partial charge is 0.459 e. The number of aldehydes is 1. The van der Waals surface area contributed by atoms with Crippen LogP contribution in [0, 0.1) is 5.41 Å². The highest BCUT2D eigenvalue weighted by Gasteiger charge is 1.96. The number of alkyl halides is 1. The van der Waals surface area contributed by atoms with Crippen molar-refractivity contribution in [2.24, 2.45) is 5.73 Å². The van der Waals surface area contributed by atoms with E-state index in [4.69, 9.17) is 31.6 Å². The first-order chi connectivity index (χ1) is 8.73. The number of halogens is 1. The standard InChI is InChI=1S/C6H5ClO2.C6H8N2O.H3N/c2*7-3-5-1-2-6(4-8)9-5;/h1-2,4H,3H2;1-3,7H,4,8H2;1H3. The molecule has 6 N–H and O–H groups in total. The monoisotopic (exact) mass is 285 g/mol. The van der Waals surface area contributed by atoms with Crippen LogP contribution < -0.4 is 11.9 Å². The predicted octanol–water partition coefficient (Wildman–Crippen LogP) is 2.73. The van der Waals surface area contributed by atoms with Gasteiger partial charge in [-0.25, -0.2) is 0 Å². The molecule has 0 atom stereocenters. The number of furan rings is 2. The van der Waals surface area contributed by atoms with Crippen molar-refractivity contribution >= 4 is 24.1 Å². The van der Waals surface area contributed by atoms with Gasteiger partial charge in [-0.1, -0.05) is 0 Å². The first-order valence-electron chi connectivity index (χ1n) is 5.12. The Bertz CT molecular complexity index is 462. The van der Waals surface area contributed by atoms with Crippen LogP contribution in [0.1, 0.15) is 27.8 Å². The summed E-state index contributed by atoms with van der Waals surface area (Å²) < 4.78 is 9.90. The second kappa shape index (κ2) is 9.09. The minimum Gasteiger partial charge on any atom is -0.459 e. The van der Waals surface area contributed by atoms with Crippen LogP contribution in [0.3, 0.4) is 0 Å². The Kier molecular flexibility index (Phi) is 8.19. The maximum atomic E-state index is 10.00. The predicted molar refractivity (Wildman–Crippen MR) is 73.2 cm³/mol. The molecule has 2 rings (SSSR count). The third-order valence-corrected chi connectivity index (χ3v) is 2.22. The van der Waals surface area contributed by atoms with E-state index in [1.165, 1.54) is 0 Å². The van der Waals surface area contributed by atoms with Gasteiger partial charge in [-0.05, 0) is 24.3 Å². The van der Waals surface area contributed by atoms with Crippen LogP contribution in [0.4, 0.5) is 0 Å². The fourth-order valence-corrected chi connectivity index (χ4v) is 1.26. The highest BCUT2D eigenvalue weighted by molar-refractivity contribution is 6.16. The third-order valence-electron chi connectivity index (χ3n) is 1.96. The van der Waals surface area contributed by atoms with Crippen molar-refractivity contribution in [2.75, 3.05) is 0 Å². The molecule has 0 saturated carbocycles. The number of carbonyl (C=O) groups excluding carboxylic acids is 1. The van der Waals surface area contributed by atoms with E-state index < -0.39 is 0 Å². The molecular weight excluding hydrogens is 270 g/mol. The molecular formula is C12H16ClN3O3. The molecule has 0 radical (unpaired) electrons. The molecule has 2 aromatic heterocycles. The highest BCUT2D eigenvalue weighted by atomic mass is 35.5. The van der Waals surface area contributed by atoms with Crippen LogP contribution >= 0.6 is 11.6 Å². The summed E-state index contributed by atoms with van der Waals surface area (Å²) in [7, 11) is 0. The Morgan fingerprint density at radius 2 is 1.74 bits per heavy atom. The van der Waals surface area contributed by atoms with Gasteiger partial charge in [-0.2, -0.15) is 0 Å². The smallest absolute Gasteiger partial charge is 0.185 e. The second-order valence-electron chi connectivity index (χ2n) is 3.21. The van der Waals surface area contributed by atoms with E-state index in [0.717, 1.165) is 6.21 Å². The summed E-state index contributed by atoms with van der Waals surface area (Å²) in [5, 5.41) is 6.77. The normalized spacial score (nSPS) is 8.95. The van der Waals surface area contributed by atoms with Gasteiger partial charge in [-0.15, -0.1) is 11.6 Å². The zero-order chi connectivity index (χ0) is 13.4. The molecule has 0 saturated heterocycles. The van der Waals surface area contributed by atoms with Crippen LogP contribution in [0.2, 0.25) is 0 Å². The number of rotatable bonds is 4. The minimum atomic E-state index is 0. The van der Waals surface area contributed by atoms with Crippen LogP contribution in [0.5, 0.6) is 0 Å². The van der Waals surface area contributed by atoms with Crippen molar-refractivity contribution in [3.63, 3.8) is 0 Å². The molecule has 7 heteroatoms. The Labute approximate surface area is 115 Å². The van der Waals surface area contributed by atoms with E-state index >= 15 is 0 Å². The quantitative estimate of drug-likeness (QED) is 0.452. The van der Waals surface area contributed by atoms with E-state index in [0.29, 0.717) is 41.8 Å². The van der Waals surface area contributed by atoms with Crippen LogP contribution in [-0.2, 0) is 12.4 Å². The van der Waals surface area contributed by atoms with E-state index in [2.05, 4.69) is 0 Å². The molecule has 0 amide bonds. The summed E-state index contributed by atoms with van der Waals surface area (Å²) in [4.78, 5) is 10.00. The van der Waals surface area contributed by atoms with E-state index in [-0.39, 0.29) is 6.15 Å². The lowest BCUT2D eigenvalue weighted by atomic mass is 10.4. The average molecular weight is 286 g/mol. The fourth-order valence-electron chi connectivity index (χ4n) is 1.11. The number of nitrogens with one attached hydrogen (secondary N) is 1. The van der Waals surface area contributed by atoms with Gasteiger partial charge >= 0.3 is 0 Å². The first kappa shape index (κ1) is 17.1. The molecule has 2 aromatic rings. The molecule has 0 bridgehead atoms. The van der Waals surface area contributed by atoms with Gasteiger partial charge in [0.1, 0.15) is 17.3 Å². The number of nitrogens with two attached hydrogens (primary N) is 1. The summed E-state index contributed by atoms with van der Waals surface area (Å²) in [5.41, 5.74) is 5.25. The van der Waals surface area contributed by atoms with Gasteiger partial charge in [0.15, 0.2) is 12.0 Å². The Morgan fingerprint density at radius 3 is 2.05 bits per heavy atom. The first-order valence-corrected chi connectivity index (χ1v) is 5.66. The molecule has 0 aliphatic rings. The lowest BCUT2D eigenvalue weighted by Crippen LogP contribution is -1.92. The van der Waals surface area contributed by atoms with Gasteiger partial charge in [-0.3, -0.25) is 4.79 Å². The molecule has 0 aromatic carbocycles. The lowest BCUT2D eigenvalue weighted by Gasteiger charge is -1.83. The summed E-state index contributed by atoms with van der Waals surface area (Å²) in [5.74, 6) is 2.53. The van der Waals surface area contributed by atoms with Gasteiger partial charge < -0.3 is 26.1 Å². The summed E-state index contributed by atoms with van der Waals surface area (Å²) in [6.45, 7) is 0.397. The fraction of sp³-hybridized carbons (Fsp3) is 0.167. The second-order valence-corrected chi connectivity index (χ2v) is 3.48. The molecule has 104 valence electrons. The van der Waals surface area contributed by atoms with Crippen LogP contribution in [-0.4, -0.2) is 12.5 Å². The molecule has 0 aliphatic heterocycles. The van der Waals surface area contributed by atoms with Gasteiger partial charge in [0, 0.05) is 0 Å². The zero-order valence-corrected chi connectivity index (χ0v) is 11.0. The molecule has 0 unspecified atom stereocenters. The summed E-state index contributed by atoms with van der Waals surface area (Å²) in [6, 6.07) is 6.75. The van der Waals surface area contributed by atoms with Gasteiger partial charge in [0.2, 0.25) is 0 Å². The maximum Gasteiger partial charge on any atom is 0.185 e. The summed E-state index contributed by atoms with van der Waals surface area (Å²) in [6.07, 6.45) is 1.80. The molecule has 2 heterocycles. The lowest BCUT2D eigenvalue weighted by molar-refractivity contribution is 0.109. The van der Waals surface area contributed by atoms with E-state index in [1.54, 1.807) is 24.3 Å². The van der Waals surface area contributed by atoms with E-state index in [1.807, 2.05) is 0 Å². The molecule has 19 heavy (non-hydrogen) atoms. The average Bonchev–Trinajstić information content (AvgIpc) is 3.07. The Hall–Kier alpha value is -1.89. The van der Waals surface area contributed by atoms with E-state index in [9.17, 15) is 4.79 Å². The highest BCUT2D eigenvalue weighted by Crippen LogP contribution is 2.07. The van der Waals surface area contributed by atoms with Gasteiger partial charge in [0.25, 0.3) is 0 Å². The topological polar surface area (TPSA) is 128 Å². The molecule has 6 nitrogen and oxygen atoms in total. The zero-order valence-electron chi connectivity index (χ0n) is 10.3. The SMILES string of the molecule is N.N=Cc1ccc(CN)o1.O=Cc1ccc(CCl)o1. The van der Waals surface area contributed by atoms with Crippen molar-refractivity contribution in [3.8, 4) is 0 Å². The maximum absolute atomic E-state index is 10.00. The number of carbonyl (C=O) groups is 1. The third kappa shape index (κ3) is 5.52. The van der Waals surface area contributed by atoms with Crippen molar-refractivity contribution < 1.29 is 13.6 Å². The van der Waals surface area contributed by atoms with Crippen LogP contribution in [0.25, 0.3) is 0 Å². The Morgan fingerprint density at radius 1 is 1.16 bits per heavy atom. The number of hydrogen-bond donors (Lipinski definition) is 3. The molecule has 0 aliphatic carbocycles. The minimum absolute atomic E-state index is 0. The van der Waals surface area contributed by atoms with Crippen molar-refractivity contribution in [3.05, 3.63) is 47.3 Å². The van der Waals surface area contributed by atoms with Crippen molar-refractivity contribution in [1.82, 2.24) is 6.15 Å². The number of hydrogen-bond acceptors (Lipinski definition) is 6. The molecule has 0 spiro atoms. The van der Waals surface area contributed by atoms with Crippen molar-refractivity contribution in [2.45, 2.75) is 12.4 Å². The van der Waals surface area contributed by atoms with Gasteiger partial charge in [0.05, 0.1) is 18.6 Å². The summed E-state index contributed by atoms with van der Waals surface area (Å²) >= 11 is 5.39.